The van der Waals surface area contributed by atoms with Crippen molar-refractivity contribution in [2.75, 3.05) is 19.0 Å². The number of amides is 1. The van der Waals surface area contributed by atoms with Crippen LogP contribution >= 0.6 is 0 Å². The SMILES string of the molecule is CCS(=O)(=O)c1ccc(CNC(=O)c2cnc3c(c2)CN(Cc2ccc(CN)cc2)[C@@H]3[C@H]2CCOC2)cc1. The Hall–Kier alpha value is -3.11. The summed E-state index contributed by atoms with van der Waals surface area (Å²) in [7, 11) is -3.25. The van der Waals surface area contributed by atoms with Crippen LogP contribution in [0.1, 0.15) is 57.7 Å². The van der Waals surface area contributed by atoms with E-state index in [0.29, 0.717) is 29.5 Å². The number of ether oxygens (including phenoxy) is 1. The second-order valence-corrected chi connectivity index (χ2v) is 12.3. The fraction of sp³-hybridized carbons (Fsp3) is 0.379. The number of nitrogens with two attached hydrogens (primary N) is 1. The van der Waals surface area contributed by atoms with E-state index >= 15 is 0 Å². The molecule has 1 fully saturated rings. The molecule has 0 bridgehead atoms. The Labute approximate surface area is 224 Å². The van der Waals surface area contributed by atoms with Gasteiger partial charge in [0.15, 0.2) is 9.84 Å². The smallest absolute Gasteiger partial charge is 0.253 e. The van der Waals surface area contributed by atoms with Crippen molar-refractivity contribution in [1.29, 1.82) is 0 Å². The fourth-order valence-corrected chi connectivity index (χ4v) is 6.17. The summed E-state index contributed by atoms with van der Waals surface area (Å²) in [5.41, 5.74) is 11.5. The molecule has 1 amide bonds. The average Bonchev–Trinajstić information content (AvgIpc) is 3.59. The predicted molar refractivity (Wildman–Crippen MR) is 145 cm³/mol. The van der Waals surface area contributed by atoms with Crippen molar-refractivity contribution >= 4 is 15.7 Å². The highest BCUT2D eigenvalue weighted by Crippen LogP contribution is 2.41. The van der Waals surface area contributed by atoms with Crippen LogP contribution in [0.2, 0.25) is 0 Å². The van der Waals surface area contributed by atoms with Crippen LogP contribution in [-0.4, -0.2) is 43.2 Å². The number of nitrogens with one attached hydrogen (secondary N) is 1. The van der Waals surface area contributed by atoms with E-state index < -0.39 is 9.84 Å². The predicted octanol–water partition coefficient (Wildman–Crippen LogP) is 3.36. The summed E-state index contributed by atoms with van der Waals surface area (Å²) in [4.78, 5) is 20.5. The number of hydrogen-bond donors (Lipinski definition) is 2. The number of nitrogens with zero attached hydrogens (tertiary/aromatic N) is 2. The molecule has 2 aromatic carbocycles. The van der Waals surface area contributed by atoms with Gasteiger partial charge in [-0.2, -0.15) is 0 Å². The first kappa shape index (κ1) is 26.5. The zero-order valence-corrected chi connectivity index (χ0v) is 22.4. The molecule has 2 aliphatic rings. The number of carbonyl (C=O) groups excluding carboxylic acids is 1. The molecule has 2 aliphatic heterocycles. The minimum Gasteiger partial charge on any atom is -0.381 e. The van der Waals surface area contributed by atoms with Gasteiger partial charge >= 0.3 is 0 Å². The molecule has 200 valence electrons. The van der Waals surface area contributed by atoms with Gasteiger partial charge in [-0.1, -0.05) is 43.3 Å². The summed E-state index contributed by atoms with van der Waals surface area (Å²) < 4.78 is 29.8. The maximum absolute atomic E-state index is 13.0. The third-order valence-electron chi connectivity index (χ3n) is 7.48. The first-order valence-corrected chi connectivity index (χ1v) is 14.7. The first-order chi connectivity index (χ1) is 18.4. The van der Waals surface area contributed by atoms with Gasteiger partial charge in [0.2, 0.25) is 0 Å². The number of hydrogen-bond acceptors (Lipinski definition) is 7. The van der Waals surface area contributed by atoms with Crippen LogP contribution in [0.25, 0.3) is 0 Å². The molecule has 2 atom stereocenters. The molecule has 3 aromatic rings. The third-order valence-corrected chi connectivity index (χ3v) is 9.23. The van der Waals surface area contributed by atoms with Gasteiger partial charge in [0.1, 0.15) is 0 Å². The largest absolute Gasteiger partial charge is 0.381 e. The van der Waals surface area contributed by atoms with Crippen LogP contribution in [0.5, 0.6) is 0 Å². The lowest BCUT2D eigenvalue weighted by Gasteiger charge is -2.28. The van der Waals surface area contributed by atoms with Gasteiger partial charge < -0.3 is 15.8 Å². The van der Waals surface area contributed by atoms with Gasteiger partial charge in [0, 0.05) is 44.9 Å². The fourth-order valence-electron chi connectivity index (χ4n) is 5.29. The number of fused-ring (bicyclic) bond motifs is 1. The average molecular weight is 535 g/mol. The lowest BCUT2D eigenvalue weighted by molar-refractivity contribution is 0.0950. The molecule has 9 heteroatoms. The molecule has 38 heavy (non-hydrogen) atoms. The highest BCUT2D eigenvalue weighted by molar-refractivity contribution is 7.91. The van der Waals surface area contributed by atoms with Crippen molar-refractivity contribution in [3.8, 4) is 0 Å². The number of benzene rings is 2. The second-order valence-electron chi connectivity index (χ2n) is 9.99. The topological polar surface area (TPSA) is 115 Å². The number of sulfone groups is 1. The molecule has 3 heterocycles. The normalized spacial score (nSPS) is 19.4. The van der Waals surface area contributed by atoms with E-state index in [1.165, 1.54) is 5.56 Å². The summed E-state index contributed by atoms with van der Waals surface area (Å²) in [6, 6.07) is 17.1. The monoisotopic (exact) mass is 534 g/mol. The molecule has 0 aliphatic carbocycles. The summed E-state index contributed by atoms with van der Waals surface area (Å²) >= 11 is 0. The van der Waals surface area contributed by atoms with Crippen LogP contribution in [0, 0.1) is 5.92 Å². The van der Waals surface area contributed by atoms with Crippen molar-refractivity contribution in [3.05, 3.63) is 94.3 Å². The van der Waals surface area contributed by atoms with E-state index in [0.717, 1.165) is 55.1 Å². The van der Waals surface area contributed by atoms with Crippen molar-refractivity contribution in [2.45, 2.75) is 50.5 Å². The molecule has 0 unspecified atom stereocenters. The number of carbonyl (C=O) groups is 1. The van der Waals surface area contributed by atoms with Crippen molar-refractivity contribution in [2.24, 2.45) is 11.7 Å². The summed E-state index contributed by atoms with van der Waals surface area (Å²) in [5, 5.41) is 2.93. The van der Waals surface area contributed by atoms with E-state index in [9.17, 15) is 13.2 Å². The van der Waals surface area contributed by atoms with Crippen molar-refractivity contribution in [1.82, 2.24) is 15.2 Å². The molecule has 1 saturated heterocycles. The molecule has 0 radical (unpaired) electrons. The highest BCUT2D eigenvalue weighted by atomic mass is 32.2. The summed E-state index contributed by atoms with van der Waals surface area (Å²) in [6.45, 7) is 5.44. The van der Waals surface area contributed by atoms with Crippen LogP contribution in [-0.2, 0) is 40.8 Å². The molecule has 0 spiro atoms. The quantitative estimate of drug-likeness (QED) is 0.433. The van der Waals surface area contributed by atoms with Gasteiger partial charge in [-0.05, 0) is 46.9 Å². The van der Waals surface area contributed by atoms with E-state index in [4.69, 9.17) is 15.5 Å². The van der Waals surface area contributed by atoms with Crippen LogP contribution in [0.4, 0.5) is 0 Å². The Bertz CT molecular complexity index is 1390. The Kier molecular flexibility index (Phi) is 7.90. The molecule has 5 rings (SSSR count). The summed E-state index contributed by atoms with van der Waals surface area (Å²) in [6.07, 6.45) is 2.66. The number of rotatable bonds is 9. The lowest BCUT2D eigenvalue weighted by atomic mass is 9.95. The Morgan fingerprint density at radius 1 is 1.11 bits per heavy atom. The van der Waals surface area contributed by atoms with Crippen LogP contribution in [0.15, 0.2) is 65.7 Å². The maximum Gasteiger partial charge on any atom is 0.253 e. The maximum atomic E-state index is 13.0. The first-order valence-electron chi connectivity index (χ1n) is 13.1. The van der Waals surface area contributed by atoms with E-state index in [1.54, 1.807) is 37.4 Å². The standard InChI is InChI=1S/C29H34N4O4S/c1-2-38(35,36)26-9-7-21(8-10-26)15-32-29(34)24-13-25-18-33(17-22-5-3-20(14-30)4-6-22)28(27(25)31-16-24)23-11-12-37-19-23/h3-10,13,16,23,28H,2,11-12,14-15,17-19,30H2,1H3,(H,32,34)/t23-,28+/m0/s1. The van der Waals surface area contributed by atoms with Crippen LogP contribution < -0.4 is 11.1 Å². The van der Waals surface area contributed by atoms with Crippen LogP contribution in [0.3, 0.4) is 0 Å². The number of pyridine rings is 1. The van der Waals surface area contributed by atoms with Gasteiger partial charge in [-0.15, -0.1) is 0 Å². The minimum absolute atomic E-state index is 0.0566. The molecule has 3 N–H and O–H groups in total. The van der Waals surface area contributed by atoms with Gasteiger partial charge in [0.25, 0.3) is 5.91 Å². The zero-order chi connectivity index (χ0) is 26.7. The minimum atomic E-state index is -3.25. The summed E-state index contributed by atoms with van der Waals surface area (Å²) in [5.74, 6) is 0.217. The molecule has 0 saturated carbocycles. The third kappa shape index (κ3) is 5.66. The Balaban J connectivity index is 1.29. The molecule has 8 nitrogen and oxygen atoms in total. The van der Waals surface area contributed by atoms with Crippen molar-refractivity contribution in [3.63, 3.8) is 0 Å². The highest BCUT2D eigenvalue weighted by Gasteiger charge is 2.39. The molecule has 1 aromatic heterocycles. The van der Waals surface area contributed by atoms with Gasteiger partial charge in [0.05, 0.1) is 34.6 Å². The number of aromatic nitrogens is 1. The van der Waals surface area contributed by atoms with Gasteiger partial charge in [-0.25, -0.2) is 8.42 Å². The molecular weight excluding hydrogens is 500 g/mol. The molecular formula is C29H34N4O4S. The second kappa shape index (κ2) is 11.3. The van der Waals surface area contributed by atoms with E-state index in [2.05, 4.69) is 34.5 Å². The van der Waals surface area contributed by atoms with E-state index in [-0.39, 0.29) is 17.7 Å². The van der Waals surface area contributed by atoms with E-state index in [1.807, 2.05) is 6.07 Å². The zero-order valence-electron chi connectivity index (χ0n) is 21.6. The van der Waals surface area contributed by atoms with Gasteiger partial charge in [-0.3, -0.25) is 14.7 Å². The Morgan fingerprint density at radius 2 is 1.82 bits per heavy atom. The lowest BCUT2D eigenvalue weighted by Crippen LogP contribution is -2.28. The Morgan fingerprint density at radius 3 is 2.47 bits per heavy atom. The van der Waals surface area contributed by atoms with Crippen molar-refractivity contribution < 1.29 is 17.9 Å².